The average Bonchev–Trinajstić information content (AvgIpc) is 2.62. The van der Waals surface area contributed by atoms with Gasteiger partial charge in [-0.25, -0.2) is 4.79 Å². The second-order valence-corrected chi connectivity index (χ2v) is 5.40. The van der Waals surface area contributed by atoms with E-state index in [4.69, 9.17) is 0 Å². The molecule has 4 rings (SSSR count). The average molecular weight is 315 g/mol. The molecular weight excluding hydrogens is 302 g/mol. The van der Waals surface area contributed by atoms with E-state index in [0.717, 1.165) is 21.2 Å². The second kappa shape index (κ2) is 5.62. The molecule has 0 saturated carbocycles. The smallest absolute Gasteiger partial charge is 0.346 e. The quantitative estimate of drug-likeness (QED) is 0.456. The van der Waals surface area contributed by atoms with Crippen molar-refractivity contribution in [1.82, 2.24) is 9.97 Å². The van der Waals surface area contributed by atoms with Crippen molar-refractivity contribution in [3.05, 3.63) is 88.6 Å². The van der Waals surface area contributed by atoms with Crippen molar-refractivity contribution in [3.8, 4) is 22.5 Å². The molecule has 24 heavy (non-hydrogen) atoms. The van der Waals surface area contributed by atoms with Crippen LogP contribution in [0.4, 0.5) is 0 Å². The van der Waals surface area contributed by atoms with Gasteiger partial charge < -0.3 is 5.21 Å². The van der Waals surface area contributed by atoms with Crippen molar-refractivity contribution in [1.29, 1.82) is 0 Å². The van der Waals surface area contributed by atoms with E-state index < -0.39 is 5.69 Å². The minimum absolute atomic E-state index is 0.407. The fraction of sp³-hybridized carbons (Fsp3) is 0. The van der Waals surface area contributed by atoms with Crippen molar-refractivity contribution in [2.45, 2.75) is 0 Å². The number of aromatic nitrogens is 3. The monoisotopic (exact) mass is 315 g/mol. The van der Waals surface area contributed by atoms with Gasteiger partial charge in [0.15, 0.2) is 6.20 Å². The zero-order valence-corrected chi connectivity index (χ0v) is 12.6. The fourth-order valence-electron chi connectivity index (χ4n) is 2.84. The van der Waals surface area contributed by atoms with Gasteiger partial charge in [0, 0.05) is 22.6 Å². The van der Waals surface area contributed by atoms with Crippen LogP contribution in [0.3, 0.4) is 0 Å². The van der Waals surface area contributed by atoms with Crippen LogP contribution >= 0.6 is 0 Å². The van der Waals surface area contributed by atoms with E-state index >= 15 is 0 Å². The van der Waals surface area contributed by atoms with E-state index in [-0.39, 0.29) is 0 Å². The van der Waals surface area contributed by atoms with Gasteiger partial charge in [-0.05, 0) is 12.1 Å². The third-order valence-electron chi connectivity index (χ3n) is 3.90. The van der Waals surface area contributed by atoms with E-state index in [1.54, 1.807) is 6.07 Å². The zero-order valence-electron chi connectivity index (χ0n) is 12.6. The first kappa shape index (κ1) is 14.1. The van der Waals surface area contributed by atoms with E-state index in [1.165, 1.54) is 6.20 Å². The highest BCUT2D eigenvalue weighted by Crippen LogP contribution is 2.28. The van der Waals surface area contributed by atoms with Gasteiger partial charge in [0.2, 0.25) is 5.69 Å². The summed E-state index contributed by atoms with van der Waals surface area (Å²) in [4.78, 5) is 18.9. The molecule has 0 bridgehead atoms. The Hall–Kier alpha value is -3.47. The lowest BCUT2D eigenvalue weighted by Crippen LogP contribution is -2.30. The summed E-state index contributed by atoms with van der Waals surface area (Å²) in [5, 5.41) is 13.1. The molecule has 0 saturated heterocycles. The molecule has 2 aromatic heterocycles. The number of H-pyrrole nitrogens is 1. The van der Waals surface area contributed by atoms with Gasteiger partial charge >= 0.3 is 5.69 Å². The van der Waals surface area contributed by atoms with Crippen molar-refractivity contribution < 1.29 is 4.73 Å². The van der Waals surface area contributed by atoms with E-state index in [1.807, 2.05) is 60.7 Å². The number of benzene rings is 2. The molecule has 0 aliphatic rings. The number of aromatic amines is 1. The number of hydrogen-bond acceptors (Lipinski definition) is 3. The van der Waals surface area contributed by atoms with Crippen LogP contribution in [0, 0.1) is 5.21 Å². The van der Waals surface area contributed by atoms with Gasteiger partial charge in [-0.3, -0.25) is 4.98 Å². The number of hydrogen-bond donors (Lipinski definition) is 1. The van der Waals surface area contributed by atoms with Crippen LogP contribution in [0.2, 0.25) is 0 Å². The van der Waals surface area contributed by atoms with Crippen LogP contribution in [0.1, 0.15) is 0 Å². The number of nitrogens with zero attached hydrogens (tertiary/aromatic N) is 2. The van der Waals surface area contributed by atoms with E-state index in [0.29, 0.717) is 16.9 Å². The van der Waals surface area contributed by atoms with Gasteiger partial charge in [0.05, 0.1) is 5.69 Å². The highest BCUT2D eigenvalue weighted by Gasteiger charge is 2.18. The van der Waals surface area contributed by atoms with Crippen LogP contribution in [0.5, 0.6) is 0 Å². The lowest BCUT2D eigenvalue weighted by molar-refractivity contribution is -0.592. The Morgan fingerprint density at radius 1 is 0.875 bits per heavy atom. The van der Waals surface area contributed by atoms with E-state index in [9.17, 15) is 10.0 Å². The van der Waals surface area contributed by atoms with Crippen molar-refractivity contribution >= 4 is 10.9 Å². The van der Waals surface area contributed by atoms with Crippen LogP contribution < -0.4 is 10.4 Å². The Labute approximate surface area is 137 Å². The maximum atomic E-state index is 12.4. The largest absolute Gasteiger partial charge is 0.618 e. The topological polar surface area (TPSA) is 72.7 Å². The highest BCUT2D eigenvalue weighted by atomic mass is 16.5. The summed E-state index contributed by atoms with van der Waals surface area (Å²) in [7, 11) is 0. The van der Waals surface area contributed by atoms with Gasteiger partial charge in [-0.1, -0.05) is 48.5 Å². The van der Waals surface area contributed by atoms with Gasteiger partial charge in [0.25, 0.3) is 0 Å². The predicted molar refractivity (Wildman–Crippen MR) is 92.2 cm³/mol. The Morgan fingerprint density at radius 3 is 2.17 bits per heavy atom. The molecule has 2 aromatic carbocycles. The predicted octanol–water partition coefficient (Wildman–Crippen LogP) is 2.89. The Morgan fingerprint density at radius 2 is 1.50 bits per heavy atom. The number of pyridine rings is 1. The van der Waals surface area contributed by atoms with E-state index in [2.05, 4.69) is 9.97 Å². The fourth-order valence-corrected chi connectivity index (χ4v) is 2.84. The zero-order chi connectivity index (χ0) is 16.5. The summed E-state index contributed by atoms with van der Waals surface area (Å²) < 4.78 is 0.766. The maximum absolute atomic E-state index is 12.4. The van der Waals surface area contributed by atoms with Crippen LogP contribution in [0.15, 0.2) is 77.7 Å². The minimum Gasteiger partial charge on any atom is -0.618 e. The molecule has 0 radical (unpaired) electrons. The summed E-state index contributed by atoms with van der Waals surface area (Å²) in [5.41, 5.74) is 2.54. The summed E-state index contributed by atoms with van der Waals surface area (Å²) >= 11 is 0. The van der Waals surface area contributed by atoms with Crippen LogP contribution in [-0.4, -0.2) is 9.97 Å². The summed E-state index contributed by atoms with van der Waals surface area (Å²) in [6.45, 7) is 0. The normalized spacial score (nSPS) is 10.8. The molecule has 0 spiro atoms. The first-order valence-electron chi connectivity index (χ1n) is 7.51. The number of nitrogens with one attached hydrogen (secondary N) is 1. The molecule has 0 atom stereocenters. The lowest BCUT2D eigenvalue weighted by Gasteiger charge is -2.10. The third kappa shape index (κ3) is 2.32. The molecule has 0 unspecified atom stereocenters. The van der Waals surface area contributed by atoms with Crippen LogP contribution in [-0.2, 0) is 0 Å². The SMILES string of the molecule is O=c1nc(-c2ccccc2)c2cc[n+]([O-])c(-c3ccccc3)c2[nH]1. The summed E-state index contributed by atoms with van der Waals surface area (Å²) in [6, 6.07) is 20.4. The summed E-state index contributed by atoms with van der Waals surface area (Å²) in [6.07, 6.45) is 1.44. The molecule has 0 amide bonds. The van der Waals surface area contributed by atoms with Crippen molar-refractivity contribution in [2.24, 2.45) is 0 Å². The lowest BCUT2D eigenvalue weighted by atomic mass is 10.0. The second-order valence-electron chi connectivity index (χ2n) is 5.40. The van der Waals surface area contributed by atoms with Gasteiger partial charge in [0.1, 0.15) is 5.52 Å². The molecular formula is C19H13N3O2. The third-order valence-corrected chi connectivity index (χ3v) is 3.90. The molecule has 5 nitrogen and oxygen atoms in total. The maximum Gasteiger partial charge on any atom is 0.346 e. The molecule has 0 aliphatic carbocycles. The van der Waals surface area contributed by atoms with Crippen molar-refractivity contribution in [3.63, 3.8) is 0 Å². The molecule has 1 N–H and O–H groups in total. The Bertz CT molecular complexity index is 1070. The molecule has 116 valence electrons. The molecule has 4 aromatic rings. The first-order chi connectivity index (χ1) is 11.7. The Balaban J connectivity index is 2.11. The minimum atomic E-state index is -0.482. The number of rotatable bonds is 2. The highest BCUT2D eigenvalue weighted by molar-refractivity contribution is 5.97. The molecule has 5 heteroatoms. The standard InChI is InChI=1S/C19H13N3O2/c23-19-20-16(13-7-3-1-4-8-13)15-11-12-22(24)18(17(15)21-19)14-9-5-2-6-10-14/h1-12H,(H,20,21,23). The first-order valence-corrected chi connectivity index (χ1v) is 7.51. The Kier molecular flexibility index (Phi) is 3.31. The molecule has 0 aliphatic heterocycles. The van der Waals surface area contributed by atoms with Crippen molar-refractivity contribution in [2.75, 3.05) is 0 Å². The molecule has 2 heterocycles. The van der Waals surface area contributed by atoms with Gasteiger partial charge in [-0.15, -0.1) is 0 Å². The van der Waals surface area contributed by atoms with Crippen LogP contribution in [0.25, 0.3) is 33.4 Å². The van der Waals surface area contributed by atoms with Gasteiger partial charge in [-0.2, -0.15) is 9.71 Å². The summed E-state index contributed by atoms with van der Waals surface area (Å²) in [5.74, 6) is 0. The number of fused-ring (bicyclic) bond motifs is 1. The molecule has 0 fully saturated rings.